The molecule has 0 bridgehead atoms. The van der Waals surface area contributed by atoms with Gasteiger partial charge in [-0.25, -0.2) is 8.78 Å². The third kappa shape index (κ3) is 2.34. The molecule has 28 heavy (non-hydrogen) atoms. The van der Waals surface area contributed by atoms with Gasteiger partial charge in [-0.3, -0.25) is 9.59 Å². The van der Waals surface area contributed by atoms with Crippen molar-refractivity contribution < 1.29 is 37.7 Å². The van der Waals surface area contributed by atoms with E-state index in [0.717, 1.165) is 12.1 Å². The van der Waals surface area contributed by atoms with Gasteiger partial charge in [0.25, 0.3) is 0 Å². The molecule has 2 N–H and O–H groups in total. The number of para-hydroxylation sites is 1. The van der Waals surface area contributed by atoms with Crippen molar-refractivity contribution in [3.63, 3.8) is 0 Å². The summed E-state index contributed by atoms with van der Waals surface area (Å²) in [4.78, 5) is 25.3. The maximum Gasteiger partial charge on any atom is 0.205 e. The van der Waals surface area contributed by atoms with Gasteiger partial charge in [0.2, 0.25) is 23.1 Å². The van der Waals surface area contributed by atoms with Crippen LogP contribution >= 0.6 is 0 Å². The summed E-state index contributed by atoms with van der Waals surface area (Å²) in [6.45, 7) is 0. The Morgan fingerprint density at radius 1 is 0.643 bits per heavy atom. The Bertz CT molecular complexity index is 1170. The predicted octanol–water partition coefficient (Wildman–Crippen LogP) is 4.08. The molecule has 3 aromatic rings. The first kappa shape index (κ1) is 17.6. The van der Waals surface area contributed by atoms with Crippen LogP contribution in [0.2, 0.25) is 0 Å². The maximum absolute atomic E-state index is 15.0. The van der Waals surface area contributed by atoms with E-state index in [1.165, 1.54) is 24.3 Å². The number of fused-ring (bicyclic) bond motifs is 2. The van der Waals surface area contributed by atoms with Crippen molar-refractivity contribution in [3.05, 3.63) is 82.2 Å². The molecular weight excluding hydrogens is 377 g/mol. The number of rotatable bonds is 2. The van der Waals surface area contributed by atoms with Gasteiger partial charge in [0.1, 0.15) is 17.2 Å². The highest BCUT2D eigenvalue weighted by molar-refractivity contribution is 6.30. The van der Waals surface area contributed by atoms with Crippen molar-refractivity contribution in [3.8, 4) is 23.0 Å². The summed E-state index contributed by atoms with van der Waals surface area (Å²) in [6, 6.07) is 9.15. The first-order chi connectivity index (χ1) is 13.3. The van der Waals surface area contributed by atoms with Gasteiger partial charge in [-0.15, -0.1) is 0 Å². The molecule has 140 valence electrons. The number of ketones is 2. The molecule has 1 aliphatic rings. The SMILES string of the molecule is O=C1c2c(O)ccc(O)c2C(=O)c2c(F)c(Oc3ccccc3)c(F)c(F)c21. The second-order valence-electron chi connectivity index (χ2n) is 5.95. The standard InChI is InChI=1S/C20H9F3O5/c21-15-13-14(16(22)20(17(15)23)28-8-4-2-1-3-5-8)19(27)12-10(25)7-6-9(24)11(12)18(13)26/h1-7,24-25H. The van der Waals surface area contributed by atoms with Crippen LogP contribution in [0.15, 0.2) is 42.5 Å². The van der Waals surface area contributed by atoms with Gasteiger partial charge in [-0.2, -0.15) is 4.39 Å². The van der Waals surface area contributed by atoms with E-state index in [-0.39, 0.29) is 5.75 Å². The molecule has 0 unspecified atom stereocenters. The minimum atomic E-state index is -1.80. The molecular formula is C20H9F3O5. The fourth-order valence-corrected chi connectivity index (χ4v) is 3.05. The number of phenols is 2. The highest BCUT2D eigenvalue weighted by atomic mass is 19.2. The Labute approximate surface area is 155 Å². The largest absolute Gasteiger partial charge is 0.507 e. The summed E-state index contributed by atoms with van der Waals surface area (Å²) in [5.74, 6) is -10.5. The zero-order chi connectivity index (χ0) is 20.2. The third-order valence-electron chi connectivity index (χ3n) is 4.31. The van der Waals surface area contributed by atoms with Crippen LogP contribution in [0.4, 0.5) is 13.2 Å². The zero-order valence-corrected chi connectivity index (χ0v) is 13.8. The molecule has 3 aromatic carbocycles. The Morgan fingerprint density at radius 3 is 1.68 bits per heavy atom. The Hall–Kier alpha value is -3.81. The second kappa shape index (κ2) is 6.12. The number of benzene rings is 3. The minimum Gasteiger partial charge on any atom is -0.507 e. The lowest BCUT2D eigenvalue weighted by Gasteiger charge is -2.21. The van der Waals surface area contributed by atoms with Crippen molar-refractivity contribution in [1.29, 1.82) is 0 Å². The number of phenolic OH excluding ortho intramolecular Hbond substituents is 2. The molecule has 4 rings (SSSR count). The maximum atomic E-state index is 15.0. The molecule has 0 radical (unpaired) electrons. The van der Waals surface area contributed by atoms with Gasteiger partial charge >= 0.3 is 0 Å². The van der Waals surface area contributed by atoms with Crippen LogP contribution in [0.25, 0.3) is 0 Å². The van der Waals surface area contributed by atoms with Crippen molar-refractivity contribution in [2.45, 2.75) is 0 Å². The Balaban J connectivity index is 2.00. The topological polar surface area (TPSA) is 83.8 Å². The summed E-state index contributed by atoms with van der Waals surface area (Å²) >= 11 is 0. The van der Waals surface area contributed by atoms with Crippen molar-refractivity contribution in [1.82, 2.24) is 0 Å². The first-order valence-electron chi connectivity index (χ1n) is 7.90. The molecule has 0 spiro atoms. The number of halogens is 3. The average Bonchev–Trinajstić information content (AvgIpc) is 2.68. The minimum absolute atomic E-state index is 0.0323. The molecule has 0 aromatic heterocycles. The van der Waals surface area contributed by atoms with Gasteiger partial charge < -0.3 is 14.9 Å². The molecule has 0 aliphatic heterocycles. The van der Waals surface area contributed by atoms with Crippen LogP contribution in [-0.2, 0) is 0 Å². The quantitative estimate of drug-likeness (QED) is 0.401. The van der Waals surface area contributed by atoms with Crippen molar-refractivity contribution >= 4 is 11.6 Å². The summed E-state index contributed by atoms with van der Waals surface area (Å²) in [6.07, 6.45) is 0. The van der Waals surface area contributed by atoms with E-state index < -0.39 is 68.5 Å². The lowest BCUT2D eigenvalue weighted by Crippen LogP contribution is -2.25. The molecule has 0 fully saturated rings. The summed E-state index contributed by atoms with van der Waals surface area (Å²) in [5.41, 5.74) is -3.68. The van der Waals surface area contributed by atoms with Crippen molar-refractivity contribution in [2.75, 3.05) is 0 Å². The van der Waals surface area contributed by atoms with E-state index in [1.807, 2.05) is 0 Å². The highest BCUT2D eigenvalue weighted by Gasteiger charge is 2.42. The predicted molar refractivity (Wildman–Crippen MR) is 89.5 cm³/mol. The molecule has 0 saturated carbocycles. The number of ether oxygens (including phenoxy) is 1. The van der Waals surface area contributed by atoms with Gasteiger partial charge in [0.15, 0.2) is 11.6 Å². The summed E-state index contributed by atoms with van der Waals surface area (Å²) in [5, 5.41) is 19.8. The van der Waals surface area contributed by atoms with Gasteiger partial charge in [-0.05, 0) is 24.3 Å². The Kier molecular flexibility index (Phi) is 3.85. The van der Waals surface area contributed by atoms with E-state index >= 15 is 0 Å². The van der Waals surface area contributed by atoms with E-state index in [9.17, 15) is 33.0 Å². The molecule has 8 heteroatoms. The molecule has 1 aliphatic carbocycles. The van der Waals surface area contributed by atoms with Gasteiger partial charge in [-0.1, -0.05) is 18.2 Å². The van der Waals surface area contributed by atoms with Gasteiger partial charge in [0.05, 0.1) is 22.3 Å². The zero-order valence-electron chi connectivity index (χ0n) is 13.8. The molecule has 5 nitrogen and oxygen atoms in total. The smallest absolute Gasteiger partial charge is 0.205 e. The first-order valence-corrected chi connectivity index (χ1v) is 7.90. The number of hydrogen-bond donors (Lipinski definition) is 2. The number of aromatic hydroxyl groups is 2. The normalized spacial score (nSPS) is 12.5. The molecule has 0 amide bonds. The average molecular weight is 386 g/mol. The van der Waals surface area contributed by atoms with Crippen LogP contribution in [0, 0.1) is 17.5 Å². The van der Waals surface area contributed by atoms with Crippen molar-refractivity contribution in [2.24, 2.45) is 0 Å². The van der Waals surface area contributed by atoms with Gasteiger partial charge in [0, 0.05) is 0 Å². The monoisotopic (exact) mass is 386 g/mol. The number of carbonyl (C=O) groups excluding carboxylic acids is 2. The van der Waals surface area contributed by atoms with Crippen LogP contribution in [0.3, 0.4) is 0 Å². The third-order valence-corrected chi connectivity index (χ3v) is 4.31. The lowest BCUT2D eigenvalue weighted by atomic mass is 9.82. The number of carbonyl (C=O) groups is 2. The van der Waals surface area contributed by atoms with E-state index in [4.69, 9.17) is 4.74 Å². The second-order valence-corrected chi connectivity index (χ2v) is 5.95. The highest BCUT2D eigenvalue weighted by Crippen LogP contribution is 2.42. The molecule has 0 atom stereocenters. The fourth-order valence-electron chi connectivity index (χ4n) is 3.05. The fraction of sp³-hybridized carbons (Fsp3) is 0. The van der Waals surface area contributed by atoms with Crippen LogP contribution in [-0.4, -0.2) is 21.8 Å². The van der Waals surface area contributed by atoms with E-state index in [2.05, 4.69) is 0 Å². The molecule has 0 heterocycles. The van der Waals surface area contributed by atoms with E-state index in [1.54, 1.807) is 6.07 Å². The molecule has 0 saturated heterocycles. The van der Waals surface area contributed by atoms with Crippen LogP contribution in [0.5, 0.6) is 23.0 Å². The summed E-state index contributed by atoms with van der Waals surface area (Å²) < 4.78 is 49.1. The van der Waals surface area contributed by atoms with Crippen LogP contribution in [0.1, 0.15) is 31.8 Å². The lowest BCUT2D eigenvalue weighted by molar-refractivity contribution is 0.0965. The summed E-state index contributed by atoms with van der Waals surface area (Å²) in [7, 11) is 0. The Morgan fingerprint density at radius 2 is 1.14 bits per heavy atom. The number of hydrogen-bond acceptors (Lipinski definition) is 5. The van der Waals surface area contributed by atoms with Crippen LogP contribution < -0.4 is 4.74 Å². The van der Waals surface area contributed by atoms with E-state index in [0.29, 0.717) is 0 Å².